The average molecular weight is 206 g/mol. The molecule has 2 aromatic rings. The zero-order valence-electron chi connectivity index (χ0n) is 7.10. The Bertz CT molecular complexity index is 629. The zero-order chi connectivity index (χ0) is 9.76. The summed E-state index contributed by atoms with van der Waals surface area (Å²) in [7, 11) is -3.43. The van der Waals surface area contributed by atoms with Crippen molar-refractivity contribution >= 4 is 20.9 Å². The van der Waals surface area contributed by atoms with Crippen LogP contribution in [0.2, 0.25) is 0 Å². The molecule has 1 aliphatic rings. The maximum absolute atomic E-state index is 11.1. The van der Waals surface area contributed by atoms with Crippen LogP contribution in [0.25, 0.3) is 10.8 Å². The van der Waals surface area contributed by atoms with Gasteiger partial charge >= 0.3 is 10.1 Å². The van der Waals surface area contributed by atoms with E-state index in [4.69, 9.17) is 0 Å². The van der Waals surface area contributed by atoms with Crippen molar-refractivity contribution in [1.29, 1.82) is 0 Å². The van der Waals surface area contributed by atoms with E-state index >= 15 is 0 Å². The first kappa shape index (κ1) is 7.82. The van der Waals surface area contributed by atoms with Crippen LogP contribution in [0.3, 0.4) is 0 Å². The van der Waals surface area contributed by atoms with Crippen molar-refractivity contribution < 1.29 is 12.6 Å². The molecule has 0 bridgehead atoms. The van der Waals surface area contributed by atoms with Gasteiger partial charge in [-0.2, -0.15) is 8.42 Å². The molecule has 0 atom stereocenters. The number of hydrogen-bond acceptors (Lipinski definition) is 3. The first-order valence-electron chi connectivity index (χ1n) is 4.14. The Balaban J connectivity index is 2.43. The summed E-state index contributed by atoms with van der Waals surface area (Å²) in [4.78, 5) is 0.288. The molecule has 3 nitrogen and oxygen atoms in total. The van der Waals surface area contributed by atoms with Crippen molar-refractivity contribution in [3.63, 3.8) is 0 Å². The van der Waals surface area contributed by atoms with Gasteiger partial charge in [-0.05, 0) is 22.9 Å². The minimum absolute atomic E-state index is 0.288. The van der Waals surface area contributed by atoms with Gasteiger partial charge in [0.25, 0.3) is 0 Å². The van der Waals surface area contributed by atoms with Gasteiger partial charge in [0, 0.05) is 0 Å². The maximum Gasteiger partial charge on any atom is 0.343 e. The van der Waals surface area contributed by atoms with Gasteiger partial charge in [0.05, 0.1) is 0 Å². The molecule has 0 saturated heterocycles. The van der Waals surface area contributed by atoms with E-state index in [1.165, 1.54) is 0 Å². The van der Waals surface area contributed by atoms with Crippen molar-refractivity contribution in [2.75, 3.05) is 0 Å². The lowest BCUT2D eigenvalue weighted by molar-refractivity contribution is 0.443. The van der Waals surface area contributed by atoms with E-state index in [9.17, 15) is 8.42 Å². The molecule has 4 heteroatoms. The van der Waals surface area contributed by atoms with Crippen LogP contribution in [0.15, 0.2) is 41.3 Å². The van der Waals surface area contributed by atoms with Crippen molar-refractivity contribution in [3.05, 3.63) is 36.4 Å². The lowest BCUT2D eigenvalue weighted by Gasteiger charge is -2.19. The van der Waals surface area contributed by atoms with Crippen LogP contribution in [0.5, 0.6) is 5.75 Å². The van der Waals surface area contributed by atoms with Crippen LogP contribution in [0, 0.1) is 0 Å². The minimum atomic E-state index is -3.43. The van der Waals surface area contributed by atoms with Gasteiger partial charge in [0.1, 0.15) is 4.90 Å². The maximum atomic E-state index is 11.1. The van der Waals surface area contributed by atoms with Gasteiger partial charge in [-0.25, -0.2) is 0 Å². The summed E-state index contributed by atoms with van der Waals surface area (Å²) < 4.78 is 26.9. The van der Waals surface area contributed by atoms with Gasteiger partial charge in [0.15, 0.2) is 5.75 Å². The van der Waals surface area contributed by atoms with Gasteiger partial charge < -0.3 is 4.18 Å². The van der Waals surface area contributed by atoms with Gasteiger partial charge in [0.2, 0.25) is 0 Å². The fourth-order valence-corrected chi connectivity index (χ4v) is 2.55. The Kier molecular flexibility index (Phi) is 1.27. The lowest BCUT2D eigenvalue weighted by Crippen LogP contribution is -2.20. The molecule has 1 heterocycles. The summed E-state index contributed by atoms with van der Waals surface area (Å²) in [6.45, 7) is 0. The van der Waals surface area contributed by atoms with Crippen LogP contribution in [-0.2, 0) is 10.1 Å². The molecular weight excluding hydrogens is 200 g/mol. The summed E-state index contributed by atoms with van der Waals surface area (Å²) in [5, 5.41) is 1.90. The van der Waals surface area contributed by atoms with Crippen molar-refractivity contribution in [3.8, 4) is 5.75 Å². The quantitative estimate of drug-likeness (QED) is 0.618. The fourth-order valence-electron chi connectivity index (χ4n) is 1.59. The van der Waals surface area contributed by atoms with Crippen LogP contribution >= 0.6 is 0 Å². The van der Waals surface area contributed by atoms with E-state index in [1.54, 1.807) is 12.1 Å². The highest BCUT2D eigenvalue weighted by Crippen LogP contribution is 2.38. The third kappa shape index (κ3) is 0.886. The van der Waals surface area contributed by atoms with E-state index in [0.717, 1.165) is 10.8 Å². The van der Waals surface area contributed by atoms with Crippen LogP contribution < -0.4 is 4.18 Å². The monoisotopic (exact) mass is 206 g/mol. The van der Waals surface area contributed by atoms with Gasteiger partial charge in [-0.15, -0.1) is 0 Å². The first-order chi connectivity index (χ1) is 6.67. The number of hydrogen-bond donors (Lipinski definition) is 0. The van der Waals surface area contributed by atoms with Crippen molar-refractivity contribution in [2.24, 2.45) is 0 Å². The summed E-state index contributed by atoms with van der Waals surface area (Å²) in [6, 6.07) is 11.0. The molecule has 0 aliphatic carbocycles. The predicted octanol–water partition coefficient (Wildman–Crippen LogP) is 1.92. The summed E-state index contributed by atoms with van der Waals surface area (Å²) in [5.74, 6) is 0.448. The molecule has 14 heavy (non-hydrogen) atoms. The standard InChI is InChI=1S/C10H6O3S/c11-14(12)10-6-8-4-2-1-3-7(8)5-9(10)13-14/h1-6H. The second-order valence-corrected chi connectivity index (χ2v) is 4.70. The Morgan fingerprint density at radius 2 is 1.64 bits per heavy atom. The van der Waals surface area contributed by atoms with Crippen LogP contribution in [0.1, 0.15) is 0 Å². The SMILES string of the molecule is O=S1(=O)Oc2cc3ccccc3cc21. The molecular formula is C10H6O3S. The van der Waals surface area contributed by atoms with E-state index in [0.29, 0.717) is 5.75 Å². The van der Waals surface area contributed by atoms with Crippen LogP contribution in [0.4, 0.5) is 0 Å². The Morgan fingerprint density at radius 3 is 2.29 bits per heavy atom. The lowest BCUT2D eigenvalue weighted by atomic mass is 10.1. The molecule has 0 unspecified atom stereocenters. The predicted molar refractivity (Wildman–Crippen MR) is 51.8 cm³/mol. The molecule has 2 aromatic carbocycles. The molecule has 0 saturated carbocycles. The Labute approximate surface area is 81.1 Å². The second kappa shape index (κ2) is 2.27. The van der Waals surface area contributed by atoms with Crippen LogP contribution in [-0.4, -0.2) is 8.42 Å². The average Bonchev–Trinajstić information content (AvgIpc) is 2.16. The smallest absolute Gasteiger partial charge is 0.343 e. The van der Waals surface area contributed by atoms with Crippen molar-refractivity contribution in [1.82, 2.24) is 0 Å². The highest BCUT2D eigenvalue weighted by molar-refractivity contribution is 7.88. The minimum Gasteiger partial charge on any atom is -0.377 e. The summed E-state index contributed by atoms with van der Waals surface area (Å²) in [5.41, 5.74) is 0. The van der Waals surface area contributed by atoms with E-state index < -0.39 is 10.1 Å². The third-order valence-corrected chi connectivity index (χ3v) is 3.54. The fraction of sp³-hybridized carbons (Fsp3) is 0. The van der Waals surface area contributed by atoms with Gasteiger partial charge in [-0.3, -0.25) is 0 Å². The second-order valence-electron chi connectivity index (χ2n) is 3.18. The molecule has 0 N–H and O–H groups in total. The molecule has 0 radical (unpaired) electrons. The number of fused-ring (bicyclic) bond motifs is 2. The highest BCUT2D eigenvalue weighted by Gasteiger charge is 2.33. The molecule has 70 valence electrons. The molecule has 1 aliphatic heterocycles. The highest BCUT2D eigenvalue weighted by atomic mass is 32.2. The number of rotatable bonds is 0. The molecule has 3 rings (SSSR count). The molecule has 0 amide bonds. The Hall–Kier alpha value is -1.55. The topological polar surface area (TPSA) is 43.4 Å². The molecule has 0 spiro atoms. The molecule has 0 fully saturated rings. The third-order valence-electron chi connectivity index (χ3n) is 2.28. The van der Waals surface area contributed by atoms with Gasteiger partial charge in [-0.1, -0.05) is 24.3 Å². The van der Waals surface area contributed by atoms with E-state index in [-0.39, 0.29) is 4.90 Å². The van der Waals surface area contributed by atoms with Crippen molar-refractivity contribution in [2.45, 2.75) is 4.90 Å². The normalized spacial score (nSPS) is 16.9. The summed E-state index contributed by atoms with van der Waals surface area (Å²) in [6.07, 6.45) is 0. The first-order valence-corrected chi connectivity index (χ1v) is 5.55. The van der Waals surface area contributed by atoms with E-state index in [2.05, 4.69) is 4.18 Å². The number of benzene rings is 2. The zero-order valence-corrected chi connectivity index (χ0v) is 7.91. The van der Waals surface area contributed by atoms with E-state index in [1.807, 2.05) is 24.3 Å². The molecule has 0 aromatic heterocycles. The Morgan fingerprint density at radius 1 is 1.00 bits per heavy atom. The summed E-state index contributed by atoms with van der Waals surface area (Å²) >= 11 is 0. The largest absolute Gasteiger partial charge is 0.377 e.